The minimum absolute atomic E-state index is 0.0310. The SMILES string of the molecule is CC[C@H]1O[C@@H](n2cc(CBr)c(=O)n(C(=O)OC(C)(C)C)c2=O)CC1O[Si](C)(C)C(C)(C)C.O=c1[nH]c(=O)n([C@H]2CC(O)[C@@H](CO)O2)cc1COCc1ccccc1.O=c1[nH]c(=O)n([C@H]2CC(O)[C@@H](COP(=O)(O)OP(=O)(O)OP(=O)(O)O)O2)cc1COCc1ccccc1. The molecule has 5 aromatic rings. The molecule has 8 rings (SSSR count). The molecule has 6 heterocycles. The summed E-state index contributed by atoms with van der Waals surface area (Å²) in [5.74, 6) is 0. The van der Waals surface area contributed by atoms with Crippen LogP contribution in [0.15, 0.2) is 108 Å². The first-order chi connectivity index (χ1) is 43.7. The molecule has 94 heavy (non-hydrogen) atoms. The van der Waals surface area contributed by atoms with Crippen molar-refractivity contribution in [1.82, 2.24) is 28.2 Å². The summed E-state index contributed by atoms with van der Waals surface area (Å²) in [7, 11) is -18.8. The van der Waals surface area contributed by atoms with Gasteiger partial charge in [0.15, 0.2) is 8.32 Å². The Bertz CT molecular complexity index is 3910. The fourth-order valence-corrected chi connectivity index (χ4v) is 14.0. The van der Waals surface area contributed by atoms with Gasteiger partial charge >= 0.3 is 46.6 Å². The number of aliphatic hydroxyl groups excluding tert-OH is 3. The Morgan fingerprint density at radius 1 is 0.649 bits per heavy atom. The van der Waals surface area contributed by atoms with E-state index in [1.54, 1.807) is 20.8 Å². The quantitative estimate of drug-likeness (QED) is 0.0238. The average molecular weight is 1470 g/mol. The topological polar surface area (TPSA) is 456 Å². The maximum absolute atomic E-state index is 13.2. The molecule has 0 aliphatic carbocycles. The summed E-state index contributed by atoms with van der Waals surface area (Å²) in [5.41, 5.74) is -2.60. The van der Waals surface area contributed by atoms with E-state index in [0.717, 1.165) is 22.1 Å². The Morgan fingerprint density at radius 2 is 1.11 bits per heavy atom. The largest absolute Gasteiger partial charge is 0.490 e. The molecule has 3 saturated heterocycles. The highest BCUT2D eigenvalue weighted by atomic mass is 79.9. The van der Waals surface area contributed by atoms with Crippen molar-refractivity contribution < 1.29 is 99.4 Å². The van der Waals surface area contributed by atoms with Gasteiger partial charge < -0.3 is 67.7 Å². The number of phosphoric ester groups is 1. The maximum Gasteiger partial charge on any atom is 0.490 e. The van der Waals surface area contributed by atoms with Gasteiger partial charge in [-0.2, -0.15) is 13.2 Å². The van der Waals surface area contributed by atoms with Gasteiger partial charge in [-0.3, -0.25) is 42.6 Å². The lowest BCUT2D eigenvalue weighted by atomic mass is 10.1. The van der Waals surface area contributed by atoms with Gasteiger partial charge in [-0.15, -0.1) is 0 Å². The number of nitrogens with zero attached hydrogens (tertiary/aromatic N) is 4. The van der Waals surface area contributed by atoms with Crippen LogP contribution in [0.25, 0.3) is 0 Å². The van der Waals surface area contributed by atoms with Crippen LogP contribution < -0.4 is 33.7 Å². The number of carbonyl (C=O) groups is 1. The van der Waals surface area contributed by atoms with E-state index in [1.165, 1.54) is 27.7 Å². The Labute approximate surface area is 546 Å². The van der Waals surface area contributed by atoms with Crippen molar-refractivity contribution in [2.24, 2.45) is 0 Å². The number of carbonyl (C=O) groups excluding carboxylic acids is 1. The third-order valence-corrected chi connectivity index (χ3v) is 23.8. The molecule has 0 bridgehead atoms. The van der Waals surface area contributed by atoms with Gasteiger partial charge in [0.05, 0.1) is 75.2 Å². The zero-order chi connectivity index (χ0) is 69.9. The minimum Gasteiger partial charge on any atom is -0.443 e. The Kier molecular flexibility index (Phi) is 27.1. The molecule has 3 fully saturated rings. The van der Waals surface area contributed by atoms with Crippen LogP contribution in [-0.2, 0) is 91.4 Å². The van der Waals surface area contributed by atoms with Gasteiger partial charge in [0, 0.05) is 48.7 Å². The van der Waals surface area contributed by atoms with Crippen molar-refractivity contribution in [1.29, 1.82) is 0 Å². The standard InChI is InChI=1S/C22H37BrN2O6Si.C17H23N2O15P3.C17H20N2O6/c1-10-15-16(31-32(8,9)22(5,6)7)11-17(29-15)24-13-14(12-23)18(26)25(19(24)27)20(28)30-21(2,3)4;20-13-6-15(32-14(13)10-31-36(26,27)34-37(28,29)33-35(23,24)25)19-7-12(16(21)18-17(19)22)9-30-8-11-4-2-1-3-5-11;20-8-14-13(21)6-15(25-14)19-7-12(16(22)18-17(19)23)10-24-9-11-4-2-1-3-5-11/h13,15-17H,10-12H2,1-9H3;1-5,7,13-15,20H,6,8-10H2,(H,26,27)(H,28,29)(H,18,21,22)(H2,23,24,25);1-5,7,13-15,20-21H,6,8-10H2,(H,18,22,23)/t15-,16?,17-;2*13?,14-,15-/m111/s1. The highest BCUT2D eigenvalue weighted by Crippen LogP contribution is 2.66. The van der Waals surface area contributed by atoms with Crippen molar-refractivity contribution in [3.63, 3.8) is 0 Å². The number of halogens is 1. The van der Waals surface area contributed by atoms with Crippen molar-refractivity contribution in [3.8, 4) is 0 Å². The number of aromatic nitrogens is 6. The van der Waals surface area contributed by atoms with Crippen molar-refractivity contribution >= 4 is 53.8 Å². The molecule has 3 aliphatic rings. The number of rotatable bonds is 23. The lowest BCUT2D eigenvalue weighted by molar-refractivity contribution is -0.0461. The highest BCUT2D eigenvalue weighted by molar-refractivity contribution is 9.08. The summed E-state index contributed by atoms with van der Waals surface area (Å²) >= 11 is 3.28. The Balaban J connectivity index is 0.000000227. The second-order valence-electron chi connectivity index (χ2n) is 24.3. The van der Waals surface area contributed by atoms with E-state index in [9.17, 15) is 67.3 Å². The molecular weight excluding hydrogens is 1390 g/mol. The van der Waals surface area contributed by atoms with E-state index in [2.05, 4.69) is 72.9 Å². The average Bonchev–Trinajstić information content (AvgIpc) is 1.43. The number of phosphoric acid groups is 3. The molecule has 3 aromatic heterocycles. The summed E-state index contributed by atoms with van der Waals surface area (Å²) in [4.78, 5) is 127. The van der Waals surface area contributed by atoms with Gasteiger partial charge in [0.25, 0.3) is 16.7 Å². The van der Waals surface area contributed by atoms with Gasteiger partial charge in [-0.25, -0.2) is 32.9 Å². The number of hydrogen-bond donors (Lipinski definition) is 9. The number of ether oxygens (including phenoxy) is 6. The molecule has 11 atom stereocenters. The number of H-pyrrole nitrogens is 2. The Hall–Kier alpha value is -5.30. The lowest BCUT2D eigenvalue weighted by Crippen LogP contribution is -2.47. The summed E-state index contributed by atoms with van der Waals surface area (Å²) < 4.78 is 89.7. The van der Waals surface area contributed by atoms with Crippen LogP contribution in [0.3, 0.4) is 0 Å². The van der Waals surface area contributed by atoms with Crippen LogP contribution in [0, 0.1) is 0 Å². The first kappa shape index (κ1) is 77.7. The minimum atomic E-state index is -5.71. The van der Waals surface area contributed by atoms with Crippen molar-refractivity contribution in [2.75, 3.05) is 13.2 Å². The molecule has 9 N–H and O–H groups in total. The van der Waals surface area contributed by atoms with E-state index in [-0.39, 0.29) is 78.5 Å². The predicted molar refractivity (Wildman–Crippen MR) is 339 cm³/mol. The third-order valence-electron chi connectivity index (χ3n) is 14.9. The van der Waals surface area contributed by atoms with Crippen LogP contribution in [0.2, 0.25) is 18.1 Å². The lowest BCUT2D eigenvalue weighted by Gasteiger charge is -2.39. The predicted octanol–water partition coefficient (Wildman–Crippen LogP) is 4.92. The molecule has 522 valence electrons. The van der Waals surface area contributed by atoms with Crippen LogP contribution in [0.5, 0.6) is 0 Å². The summed E-state index contributed by atoms with van der Waals surface area (Å²) in [6.45, 7) is 17.1. The molecule has 0 spiro atoms. The molecule has 3 aliphatic heterocycles. The molecule has 38 heteroatoms. The van der Waals surface area contributed by atoms with E-state index in [0.29, 0.717) is 17.6 Å². The number of alkyl halides is 1. The maximum atomic E-state index is 13.2. The second kappa shape index (κ2) is 32.8. The zero-order valence-corrected chi connectivity index (χ0v) is 58.1. The molecule has 0 saturated carbocycles. The second-order valence-corrected chi connectivity index (χ2v) is 34.1. The van der Waals surface area contributed by atoms with Crippen LogP contribution >= 0.6 is 39.4 Å². The molecule has 5 unspecified atom stereocenters. The van der Waals surface area contributed by atoms with E-state index >= 15 is 0 Å². The normalized spacial score (nSPS) is 22.9. The van der Waals surface area contributed by atoms with Crippen LogP contribution in [-0.4, -0.2) is 133 Å². The number of aromatic amines is 2. The fourth-order valence-electron chi connectivity index (χ4n) is 9.25. The zero-order valence-electron chi connectivity index (χ0n) is 52.8. The first-order valence-electron chi connectivity index (χ1n) is 29.2. The highest BCUT2D eigenvalue weighted by Gasteiger charge is 2.46. The third kappa shape index (κ3) is 22.1. The summed E-state index contributed by atoms with van der Waals surface area (Å²) in [6.07, 6.45) is -3.10. The summed E-state index contributed by atoms with van der Waals surface area (Å²) in [5, 5.41) is 29.4. The molecule has 2 aromatic carbocycles. The number of hydrogen-bond acceptors (Lipinski definition) is 23. The first-order valence-corrected chi connectivity index (χ1v) is 37.8. The van der Waals surface area contributed by atoms with Crippen LogP contribution in [0.4, 0.5) is 4.79 Å². The number of nitrogens with one attached hydrogen (secondary N) is 2. The number of aliphatic hydroxyl groups is 3. The van der Waals surface area contributed by atoms with Gasteiger partial charge in [-0.05, 0) is 56.5 Å². The molecule has 33 nitrogen and oxygen atoms in total. The van der Waals surface area contributed by atoms with Gasteiger partial charge in [-0.1, -0.05) is 104 Å². The van der Waals surface area contributed by atoms with E-state index in [1.807, 2.05) is 67.6 Å². The Morgan fingerprint density at radius 3 is 1.54 bits per heavy atom. The molecule has 0 radical (unpaired) electrons. The fraction of sp³-hybridized carbons (Fsp3) is 0.554. The van der Waals surface area contributed by atoms with E-state index < -0.39 is 127 Å². The summed E-state index contributed by atoms with van der Waals surface area (Å²) in [6, 6.07) is 18.6. The smallest absolute Gasteiger partial charge is 0.443 e. The van der Waals surface area contributed by atoms with Gasteiger partial charge in [0.2, 0.25) is 0 Å². The van der Waals surface area contributed by atoms with E-state index in [4.69, 9.17) is 47.7 Å². The number of benzene rings is 2. The molecule has 0 amide bonds. The van der Waals surface area contributed by atoms with Crippen molar-refractivity contribution in [3.05, 3.63) is 170 Å². The molecular formula is C56H80BrN6O27P3Si. The monoisotopic (exact) mass is 1470 g/mol. The van der Waals surface area contributed by atoms with Crippen molar-refractivity contribution in [2.45, 2.75) is 185 Å². The van der Waals surface area contributed by atoms with Crippen LogP contribution in [0.1, 0.15) is 121 Å². The van der Waals surface area contributed by atoms with Gasteiger partial charge in [0.1, 0.15) is 36.5 Å².